The van der Waals surface area contributed by atoms with Crippen LogP contribution in [0.15, 0.2) is 24.3 Å². The van der Waals surface area contributed by atoms with E-state index in [1.165, 1.54) is 32.1 Å². The van der Waals surface area contributed by atoms with E-state index in [1.54, 1.807) is 0 Å². The number of benzene rings is 1. The molecule has 3 N–H and O–H groups in total. The van der Waals surface area contributed by atoms with E-state index in [9.17, 15) is 19.2 Å². The molecular weight excluding hydrogens is 484 g/mol. The number of carboxylic acid groups (broad SMARTS) is 1. The van der Waals surface area contributed by atoms with Gasteiger partial charge >= 0.3 is 5.97 Å². The third-order valence-corrected chi connectivity index (χ3v) is 7.48. The molecule has 9 nitrogen and oxygen atoms in total. The Morgan fingerprint density at radius 2 is 1.37 bits per heavy atom. The van der Waals surface area contributed by atoms with Crippen molar-refractivity contribution in [2.45, 2.75) is 95.9 Å². The number of rotatable bonds is 16. The Labute approximate surface area is 226 Å². The van der Waals surface area contributed by atoms with Crippen LogP contribution in [0.3, 0.4) is 0 Å². The van der Waals surface area contributed by atoms with Crippen LogP contribution in [0.5, 0.6) is 0 Å². The van der Waals surface area contributed by atoms with Crippen LogP contribution < -0.4 is 15.5 Å². The SMILES string of the molecule is O=C(O)CCCCCCCCCCCCC(=O)N1CCN(c2ccc(N[C@H]3CCC(=O)NC3=O)cc2)CC1. The van der Waals surface area contributed by atoms with Crippen LogP contribution in [0.4, 0.5) is 11.4 Å². The zero-order valence-corrected chi connectivity index (χ0v) is 22.6. The van der Waals surface area contributed by atoms with Gasteiger partial charge < -0.3 is 20.2 Å². The van der Waals surface area contributed by atoms with E-state index in [2.05, 4.69) is 15.5 Å². The van der Waals surface area contributed by atoms with Gasteiger partial charge in [0.1, 0.15) is 6.04 Å². The maximum Gasteiger partial charge on any atom is 0.303 e. The van der Waals surface area contributed by atoms with Crippen LogP contribution in [0, 0.1) is 0 Å². The van der Waals surface area contributed by atoms with Gasteiger partial charge in [-0.1, -0.05) is 51.4 Å². The second-order valence-corrected chi connectivity index (χ2v) is 10.5. The van der Waals surface area contributed by atoms with Gasteiger partial charge in [-0.05, 0) is 43.5 Å². The van der Waals surface area contributed by atoms with Crippen molar-refractivity contribution in [1.29, 1.82) is 0 Å². The predicted molar refractivity (Wildman–Crippen MR) is 148 cm³/mol. The van der Waals surface area contributed by atoms with Crippen LogP contribution >= 0.6 is 0 Å². The molecule has 0 radical (unpaired) electrons. The molecule has 38 heavy (non-hydrogen) atoms. The van der Waals surface area contributed by atoms with Gasteiger partial charge in [-0.2, -0.15) is 0 Å². The molecule has 3 amide bonds. The highest BCUT2D eigenvalue weighted by Crippen LogP contribution is 2.22. The van der Waals surface area contributed by atoms with E-state index in [0.717, 1.165) is 69.7 Å². The number of anilines is 2. The van der Waals surface area contributed by atoms with E-state index >= 15 is 0 Å². The molecule has 2 aliphatic heterocycles. The highest BCUT2D eigenvalue weighted by Gasteiger charge is 2.26. The van der Waals surface area contributed by atoms with Crippen molar-refractivity contribution in [3.05, 3.63) is 24.3 Å². The zero-order chi connectivity index (χ0) is 27.2. The lowest BCUT2D eigenvalue weighted by Gasteiger charge is -2.36. The molecule has 210 valence electrons. The average Bonchev–Trinajstić information content (AvgIpc) is 2.91. The highest BCUT2D eigenvalue weighted by molar-refractivity contribution is 6.01. The van der Waals surface area contributed by atoms with E-state index in [1.807, 2.05) is 29.2 Å². The maximum absolute atomic E-state index is 12.6. The first-order valence-electron chi connectivity index (χ1n) is 14.4. The largest absolute Gasteiger partial charge is 0.481 e. The minimum atomic E-state index is -0.698. The molecule has 2 aliphatic rings. The second kappa shape index (κ2) is 16.0. The number of hydrogen-bond acceptors (Lipinski definition) is 6. The van der Waals surface area contributed by atoms with Gasteiger partial charge in [0.25, 0.3) is 0 Å². The smallest absolute Gasteiger partial charge is 0.303 e. The number of imide groups is 1. The summed E-state index contributed by atoms with van der Waals surface area (Å²) in [6, 6.07) is 7.59. The van der Waals surface area contributed by atoms with Gasteiger partial charge in [0.15, 0.2) is 0 Å². The summed E-state index contributed by atoms with van der Waals surface area (Å²) in [6.45, 7) is 3.09. The molecule has 0 aliphatic carbocycles. The quantitative estimate of drug-likeness (QED) is 0.216. The predicted octanol–water partition coefficient (Wildman–Crippen LogP) is 4.32. The molecule has 1 atom stereocenters. The number of unbranched alkanes of at least 4 members (excludes halogenated alkanes) is 9. The minimum absolute atomic E-state index is 0.216. The number of piperidine rings is 1. The third-order valence-electron chi connectivity index (χ3n) is 7.48. The number of nitrogens with one attached hydrogen (secondary N) is 2. The molecule has 0 aromatic heterocycles. The summed E-state index contributed by atoms with van der Waals surface area (Å²) in [7, 11) is 0. The fourth-order valence-electron chi connectivity index (χ4n) is 5.14. The Hall–Kier alpha value is -3.10. The number of carbonyl (C=O) groups is 4. The fourth-order valence-corrected chi connectivity index (χ4v) is 5.14. The molecule has 3 rings (SSSR count). The van der Waals surface area contributed by atoms with Crippen LogP contribution in [-0.2, 0) is 19.2 Å². The summed E-state index contributed by atoms with van der Waals surface area (Å²) < 4.78 is 0. The van der Waals surface area contributed by atoms with Crippen molar-refractivity contribution < 1.29 is 24.3 Å². The molecule has 2 fully saturated rings. The molecule has 0 bridgehead atoms. The van der Waals surface area contributed by atoms with E-state index in [0.29, 0.717) is 19.3 Å². The lowest BCUT2D eigenvalue weighted by molar-refractivity contribution is -0.137. The molecule has 1 aromatic rings. The lowest BCUT2D eigenvalue weighted by Crippen LogP contribution is -2.48. The summed E-state index contributed by atoms with van der Waals surface area (Å²) in [5.41, 5.74) is 1.95. The molecule has 1 aromatic carbocycles. The zero-order valence-electron chi connectivity index (χ0n) is 22.6. The van der Waals surface area contributed by atoms with Gasteiger partial charge in [-0.3, -0.25) is 24.5 Å². The highest BCUT2D eigenvalue weighted by atomic mass is 16.4. The third kappa shape index (κ3) is 10.3. The first-order valence-corrected chi connectivity index (χ1v) is 14.4. The maximum atomic E-state index is 12.6. The van der Waals surface area contributed by atoms with E-state index in [4.69, 9.17) is 5.11 Å². The Morgan fingerprint density at radius 1 is 0.816 bits per heavy atom. The summed E-state index contributed by atoms with van der Waals surface area (Å²) in [4.78, 5) is 50.6. The van der Waals surface area contributed by atoms with Gasteiger partial charge in [0.2, 0.25) is 17.7 Å². The number of amides is 3. The number of aliphatic carboxylic acids is 1. The first-order chi connectivity index (χ1) is 18.4. The molecule has 2 heterocycles. The van der Waals surface area contributed by atoms with Crippen molar-refractivity contribution in [1.82, 2.24) is 10.2 Å². The van der Waals surface area contributed by atoms with Crippen molar-refractivity contribution in [3.63, 3.8) is 0 Å². The van der Waals surface area contributed by atoms with Crippen molar-refractivity contribution in [3.8, 4) is 0 Å². The van der Waals surface area contributed by atoms with Crippen LogP contribution in [0.25, 0.3) is 0 Å². The number of piperazine rings is 1. The summed E-state index contributed by atoms with van der Waals surface area (Å²) in [5.74, 6) is -0.929. The van der Waals surface area contributed by atoms with Crippen LogP contribution in [-0.4, -0.2) is 65.9 Å². The molecule has 9 heteroatoms. The normalized spacial score (nSPS) is 17.8. The fraction of sp³-hybridized carbons (Fsp3) is 0.655. The molecule has 0 saturated carbocycles. The van der Waals surface area contributed by atoms with Gasteiger partial charge in [-0.15, -0.1) is 0 Å². The van der Waals surface area contributed by atoms with Gasteiger partial charge in [-0.25, -0.2) is 0 Å². The van der Waals surface area contributed by atoms with Crippen LogP contribution in [0.2, 0.25) is 0 Å². The second-order valence-electron chi connectivity index (χ2n) is 10.5. The van der Waals surface area contributed by atoms with Crippen LogP contribution in [0.1, 0.15) is 89.9 Å². The summed E-state index contributed by atoms with van der Waals surface area (Å²) >= 11 is 0. The van der Waals surface area contributed by atoms with Gasteiger partial charge in [0.05, 0.1) is 0 Å². The van der Waals surface area contributed by atoms with E-state index < -0.39 is 5.97 Å². The van der Waals surface area contributed by atoms with Crippen molar-refractivity contribution >= 4 is 35.1 Å². The Balaban J connectivity index is 1.22. The number of hydrogen-bond donors (Lipinski definition) is 3. The minimum Gasteiger partial charge on any atom is -0.481 e. The Bertz CT molecular complexity index is 912. The molecule has 2 saturated heterocycles. The topological polar surface area (TPSA) is 119 Å². The Morgan fingerprint density at radius 3 is 1.92 bits per heavy atom. The molecule has 0 spiro atoms. The molecule has 0 unspecified atom stereocenters. The van der Waals surface area contributed by atoms with Crippen molar-refractivity contribution in [2.24, 2.45) is 0 Å². The standard InChI is InChI=1S/C29H44N4O5/c34-26-18-17-25(29(38)31-26)30-23-13-15-24(16-14-23)32-19-21-33(22-20-32)27(35)11-9-7-5-3-1-2-4-6-8-10-12-28(36)37/h13-16,25,30H,1-12,17-22H2,(H,36,37)(H,31,34,38)/t25-/m0/s1. The lowest BCUT2D eigenvalue weighted by atomic mass is 10.0. The molecular formula is C29H44N4O5. The summed E-state index contributed by atoms with van der Waals surface area (Å²) in [5, 5.41) is 14.2. The van der Waals surface area contributed by atoms with Crippen molar-refractivity contribution in [2.75, 3.05) is 36.4 Å². The first kappa shape index (κ1) is 29.5. The number of nitrogens with zero attached hydrogens (tertiary/aromatic N) is 2. The number of carbonyl (C=O) groups excluding carboxylic acids is 3. The van der Waals surface area contributed by atoms with E-state index in [-0.39, 0.29) is 30.2 Å². The number of carboxylic acids is 1. The van der Waals surface area contributed by atoms with Gasteiger partial charge in [0, 0.05) is 56.8 Å². The Kier molecular flexibility index (Phi) is 12.4. The monoisotopic (exact) mass is 528 g/mol. The summed E-state index contributed by atoms with van der Waals surface area (Å²) in [6.07, 6.45) is 12.8. The average molecular weight is 529 g/mol.